The minimum absolute atomic E-state index is 0.0363. The molecule has 0 aliphatic rings. The van der Waals surface area contributed by atoms with Gasteiger partial charge in [-0.25, -0.2) is 4.39 Å². The van der Waals surface area contributed by atoms with Crippen molar-refractivity contribution >= 4 is 11.9 Å². The summed E-state index contributed by atoms with van der Waals surface area (Å²) in [6.45, 7) is 1.89. The van der Waals surface area contributed by atoms with Gasteiger partial charge in [0.15, 0.2) is 0 Å². The lowest BCUT2D eigenvalue weighted by Crippen LogP contribution is -2.12. The van der Waals surface area contributed by atoms with Crippen LogP contribution in [0.15, 0.2) is 52.9 Å². The molecule has 3 aromatic rings. The first-order chi connectivity index (χ1) is 10.6. The van der Waals surface area contributed by atoms with E-state index in [0.29, 0.717) is 11.1 Å². The minimum Gasteiger partial charge on any atom is -0.403 e. The molecule has 0 spiro atoms. The van der Waals surface area contributed by atoms with Crippen LogP contribution in [0.5, 0.6) is 0 Å². The van der Waals surface area contributed by atoms with Crippen LogP contribution in [0.4, 0.5) is 10.4 Å². The zero-order valence-electron chi connectivity index (χ0n) is 11.7. The molecule has 0 aliphatic carbocycles. The number of anilines is 1. The molecule has 0 radical (unpaired) electrons. The smallest absolute Gasteiger partial charge is 0.322 e. The molecule has 0 unspecified atom stereocenters. The van der Waals surface area contributed by atoms with E-state index in [9.17, 15) is 9.18 Å². The SMILES string of the molecule is Cc1cccc(C(=O)Nc2nnc(-c3cccc(F)c3)o2)c1. The summed E-state index contributed by atoms with van der Waals surface area (Å²) < 4.78 is 18.5. The van der Waals surface area contributed by atoms with Gasteiger partial charge in [0.1, 0.15) is 5.82 Å². The minimum atomic E-state index is -0.402. The van der Waals surface area contributed by atoms with E-state index in [1.807, 2.05) is 13.0 Å². The zero-order chi connectivity index (χ0) is 15.5. The lowest BCUT2D eigenvalue weighted by atomic mass is 10.1. The number of hydrogen-bond donors (Lipinski definition) is 1. The maximum atomic E-state index is 13.2. The first kappa shape index (κ1) is 13.9. The van der Waals surface area contributed by atoms with E-state index in [4.69, 9.17) is 4.42 Å². The summed E-state index contributed by atoms with van der Waals surface area (Å²) in [5.41, 5.74) is 1.91. The lowest BCUT2D eigenvalue weighted by Gasteiger charge is -2.01. The Morgan fingerprint density at radius 3 is 2.73 bits per heavy atom. The number of nitrogens with zero attached hydrogens (tertiary/aromatic N) is 2. The molecule has 1 N–H and O–H groups in total. The number of nitrogens with one attached hydrogen (secondary N) is 1. The predicted octanol–water partition coefficient (Wildman–Crippen LogP) is 3.44. The fourth-order valence-electron chi connectivity index (χ4n) is 1.97. The van der Waals surface area contributed by atoms with Crippen LogP contribution in [0.25, 0.3) is 11.5 Å². The van der Waals surface area contributed by atoms with Crippen LogP contribution in [-0.2, 0) is 0 Å². The first-order valence-electron chi connectivity index (χ1n) is 6.59. The summed E-state index contributed by atoms with van der Waals surface area (Å²) in [5.74, 6) is -0.613. The molecule has 1 aromatic heterocycles. The molecule has 1 amide bonds. The normalized spacial score (nSPS) is 10.5. The quantitative estimate of drug-likeness (QED) is 0.804. The van der Waals surface area contributed by atoms with Crippen LogP contribution >= 0.6 is 0 Å². The maximum Gasteiger partial charge on any atom is 0.322 e. The highest BCUT2D eigenvalue weighted by atomic mass is 19.1. The molecule has 6 heteroatoms. The molecule has 5 nitrogen and oxygen atoms in total. The first-order valence-corrected chi connectivity index (χ1v) is 6.59. The Morgan fingerprint density at radius 1 is 1.14 bits per heavy atom. The lowest BCUT2D eigenvalue weighted by molar-refractivity contribution is 0.102. The van der Waals surface area contributed by atoms with Crippen LogP contribution in [0.3, 0.4) is 0 Å². The summed E-state index contributed by atoms with van der Waals surface area (Å²) in [6.07, 6.45) is 0. The summed E-state index contributed by atoms with van der Waals surface area (Å²) in [5, 5.41) is 10.1. The third kappa shape index (κ3) is 3.01. The van der Waals surface area contributed by atoms with Gasteiger partial charge < -0.3 is 4.42 Å². The average molecular weight is 297 g/mol. The second kappa shape index (κ2) is 5.77. The van der Waals surface area contributed by atoms with Crippen molar-refractivity contribution in [2.45, 2.75) is 6.92 Å². The van der Waals surface area contributed by atoms with E-state index >= 15 is 0 Å². The highest BCUT2D eigenvalue weighted by Crippen LogP contribution is 2.20. The number of benzene rings is 2. The van der Waals surface area contributed by atoms with Crippen LogP contribution in [0, 0.1) is 12.7 Å². The Morgan fingerprint density at radius 2 is 1.95 bits per heavy atom. The number of carbonyl (C=O) groups excluding carboxylic acids is 1. The van der Waals surface area contributed by atoms with Gasteiger partial charge in [0, 0.05) is 11.1 Å². The molecule has 110 valence electrons. The van der Waals surface area contributed by atoms with E-state index in [1.54, 1.807) is 30.3 Å². The number of carbonyl (C=O) groups is 1. The molecule has 0 atom stereocenters. The molecule has 0 saturated heterocycles. The molecule has 0 bridgehead atoms. The van der Waals surface area contributed by atoms with E-state index < -0.39 is 5.82 Å². The van der Waals surface area contributed by atoms with Crippen molar-refractivity contribution in [3.63, 3.8) is 0 Å². The molecule has 3 rings (SSSR count). The Kier molecular flexibility index (Phi) is 3.65. The monoisotopic (exact) mass is 297 g/mol. The van der Waals surface area contributed by atoms with E-state index in [0.717, 1.165) is 5.56 Å². The van der Waals surface area contributed by atoms with Gasteiger partial charge >= 0.3 is 6.01 Å². The van der Waals surface area contributed by atoms with Gasteiger partial charge in [-0.1, -0.05) is 28.9 Å². The number of rotatable bonds is 3. The number of hydrogen-bond acceptors (Lipinski definition) is 4. The third-order valence-electron chi connectivity index (χ3n) is 3.00. The topological polar surface area (TPSA) is 68.0 Å². The van der Waals surface area contributed by atoms with Crippen molar-refractivity contribution in [1.29, 1.82) is 0 Å². The van der Waals surface area contributed by atoms with Gasteiger partial charge in [-0.15, -0.1) is 5.10 Å². The molecule has 22 heavy (non-hydrogen) atoms. The van der Waals surface area contributed by atoms with Gasteiger partial charge in [0.25, 0.3) is 5.91 Å². The standard InChI is InChI=1S/C16H12FN3O2/c1-10-4-2-5-11(8-10)14(21)18-16-20-19-15(22-16)12-6-3-7-13(17)9-12/h2-9H,1H3,(H,18,20,21). The van der Waals surface area contributed by atoms with Gasteiger partial charge in [-0.2, -0.15) is 0 Å². The Hall–Kier alpha value is -3.02. The van der Waals surface area contributed by atoms with E-state index in [1.165, 1.54) is 12.1 Å². The molecular formula is C16H12FN3O2. The summed E-state index contributed by atoms with van der Waals surface area (Å²) in [4.78, 5) is 12.1. The molecule has 2 aromatic carbocycles. The van der Waals surface area contributed by atoms with Crippen molar-refractivity contribution in [2.75, 3.05) is 5.32 Å². The van der Waals surface area contributed by atoms with Crippen LogP contribution in [-0.4, -0.2) is 16.1 Å². The second-order valence-corrected chi connectivity index (χ2v) is 4.75. The van der Waals surface area contributed by atoms with Gasteiger partial charge in [-0.3, -0.25) is 10.1 Å². The summed E-state index contributed by atoms with van der Waals surface area (Å²) >= 11 is 0. The zero-order valence-corrected chi connectivity index (χ0v) is 11.7. The predicted molar refractivity (Wildman–Crippen MR) is 78.8 cm³/mol. The number of halogens is 1. The van der Waals surface area contributed by atoms with Crippen molar-refractivity contribution in [1.82, 2.24) is 10.2 Å². The fourth-order valence-corrected chi connectivity index (χ4v) is 1.97. The third-order valence-corrected chi connectivity index (χ3v) is 3.00. The van der Waals surface area contributed by atoms with E-state index in [2.05, 4.69) is 15.5 Å². The molecule has 1 heterocycles. The van der Waals surface area contributed by atoms with Crippen LogP contribution in [0.1, 0.15) is 15.9 Å². The van der Waals surface area contributed by atoms with Crippen molar-refractivity contribution in [2.24, 2.45) is 0 Å². The number of aryl methyl sites for hydroxylation is 1. The molecule has 0 fully saturated rings. The summed E-state index contributed by atoms with van der Waals surface area (Å²) in [6, 6.07) is 12.9. The number of aromatic nitrogens is 2. The number of amides is 1. The molecule has 0 aliphatic heterocycles. The second-order valence-electron chi connectivity index (χ2n) is 4.75. The van der Waals surface area contributed by atoms with Crippen molar-refractivity contribution in [3.05, 3.63) is 65.5 Å². The van der Waals surface area contributed by atoms with Crippen molar-refractivity contribution in [3.8, 4) is 11.5 Å². The Balaban J connectivity index is 1.78. The Labute approximate surface area is 125 Å². The van der Waals surface area contributed by atoms with Gasteiger partial charge in [-0.05, 0) is 37.3 Å². The highest BCUT2D eigenvalue weighted by molar-refractivity contribution is 6.03. The maximum absolute atomic E-state index is 13.2. The Bertz CT molecular complexity index is 830. The molecular weight excluding hydrogens is 285 g/mol. The largest absolute Gasteiger partial charge is 0.403 e. The van der Waals surface area contributed by atoms with Crippen molar-refractivity contribution < 1.29 is 13.6 Å². The highest BCUT2D eigenvalue weighted by Gasteiger charge is 2.13. The van der Waals surface area contributed by atoms with Gasteiger partial charge in [0.2, 0.25) is 5.89 Å². The fraction of sp³-hybridized carbons (Fsp3) is 0.0625. The van der Waals surface area contributed by atoms with Crippen LogP contribution in [0.2, 0.25) is 0 Å². The van der Waals surface area contributed by atoms with Crippen LogP contribution < -0.4 is 5.32 Å². The van der Waals surface area contributed by atoms with E-state index in [-0.39, 0.29) is 17.8 Å². The van der Waals surface area contributed by atoms with Gasteiger partial charge in [0.05, 0.1) is 0 Å². The average Bonchev–Trinajstić information content (AvgIpc) is 2.96. The summed E-state index contributed by atoms with van der Waals surface area (Å²) in [7, 11) is 0. The molecule has 0 saturated carbocycles.